The Hall–Kier alpha value is 1.86. The molecule has 2 atom stereocenters. The Morgan fingerprint density at radius 3 is 2.04 bits per heavy atom. The Labute approximate surface area is 222 Å². The first kappa shape index (κ1) is 29.6. The van der Waals surface area contributed by atoms with Crippen molar-refractivity contribution in [3.63, 3.8) is 0 Å². The van der Waals surface area contributed by atoms with Crippen LogP contribution in [-0.4, -0.2) is 29.7 Å². The van der Waals surface area contributed by atoms with Crippen molar-refractivity contribution in [1.82, 2.24) is 0 Å². The van der Waals surface area contributed by atoms with Gasteiger partial charge in [0.15, 0.2) is 0 Å². The second kappa shape index (κ2) is 14.0. The monoisotopic (exact) mass is 398 g/mol. The van der Waals surface area contributed by atoms with Crippen molar-refractivity contribution in [2.45, 2.75) is 50.2 Å². The minimum atomic E-state index is -5.23. The van der Waals surface area contributed by atoms with Crippen LogP contribution in [0, 0.1) is 5.92 Å². The van der Waals surface area contributed by atoms with Crippen molar-refractivity contribution in [2.75, 3.05) is 0 Å². The maximum Gasteiger partial charge on any atom is 1.00 e. The fourth-order valence-electron chi connectivity index (χ4n) is 2.29. The number of hydrogen-bond donors (Lipinski definition) is 1. The number of unbranched alkanes of at least 4 members (excludes halogenated alkanes) is 3. The van der Waals surface area contributed by atoms with Crippen LogP contribution in [0.4, 0.5) is 0 Å². The molecule has 0 aromatic rings. The molecule has 10 heteroatoms. The normalized spacial score (nSPS) is 14.5. The van der Waals surface area contributed by atoms with E-state index in [1.807, 2.05) is 6.92 Å². The van der Waals surface area contributed by atoms with Gasteiger partial charge in [-0.15, -0.1) is 6.58 Å². The average Bonchev–Trinajstić information content (AvgIpc) is 2.34. The molecule has 0 heterocycles. The minimum Gasteiger partial charge on any atom is -0.550 e. The summed E-state index contributed by atoms with van der Waals surface area (Å²) in [6.07, 6.45) is 2.48. The molecule has 2 unspecified atom stereocenters. The molecule has 0 fully saturated rings. The second-order valence-corrected chi connectivity index (χ2v) is 6.54. The van der Waals surface area contributed by atoms with Crippen LogP contribution >= 0.6 is 0 Å². The summed E-state index contributed by atoms with van der Waals surface area (Å²) < 4.78 is 29.3. The van der Waals surface area contributed by atoms with Gasteiger partial charge in [-0.3, -0.25) is 4.55 Å². The van der Waals surface area contributed by atoms with Crippen LogP contribution < -0.4 is 113 Å². The average molecular weight is 399 g/mol. The van der Waals surface area contributed by atoms with E-state index in [-0.39, 0.29) is 109 Å². The molecule has 0 radical (unpaired) electrons. The Kier molecular flexibility index (Phi) is 18.0. The molecule has 1 N–H and O–H groups in total. The first-order chi connectivity index (χ1) is 9.65. The summed E-state index contributed by atoms with van der Waals surface area (Å²) in [4.78, 5) is 22.5. The van der Waals surface area contributed by atoms with Gasteiger partial charge in [0.1, 0.15) is 4.75 Å². The zero-order chi connectivity index (χ0) is 16.7. The van der Waals surface area contributed by atoms with E-state index in [1.165, 1.54) is 0 Å². The Bertz CT molecular complexity index is 493. The molecular formula is C13H20K2O7S. The third-order valence-corrected chi connectivity index (χ3v) is 4.99. The number of aliphatic carboxylic acids is 2. The van der Waals surface area contributed by atoms with Crippen molar-refractivity contribution in [1.29, 1.82) is 0 Å². The van der Waals surface area contributed by atoms with Gasteiger partial charge in [0.25, 0.3) is 10.1 Å². The van der Waals surface area contributed by atoms with Gasteiger partial charge in [-0.25, -0.2) is 0 Å². The zero-order valence-electron chi connectivity index (χ0n) is 13.9. The minimum absolute atomic E-state index is 0. The van der Waals surface area contributed by atoms with Crippen molar-refractivity contribution in [3.05, 3.63) is 12.7 Å². The molecule has 0 aromatic carbocycles. The quantitative estimate of drug-likeness (QED) is 0.158. The van der Waals surface area contributed by atoms with Crippen molar-refractivity contribution in [2.24, 2.45) is 5.92 Å². The molecule has 0 saturated carbocycles. The predicted octanol–water partition coefficient (Wildman–Crippen LogP) is -6.72. The van der Waals surface area contributed by atoms with E-state index in [1.54, 1.807) is 0 Å². The van der Waals surface area contributed by atoms with Crippen LogP contribution in [0.5, 0.6) is 0 Å². The summed E-state index contributed by atoms with van der Waals surface area (Å²) >= 11 is 0. The van der Waals surface area contributed by atoms with E-state index >= 15 is 0 Å². The molecule has 0 amide bonds. The van der Waals surface area contributed by atoms with Crippen LogP contribution in [0.3, 0.4) is 0 Å². The molecule has 0 spiro atoms. The number of carbonyl (C=O) groups excluding carboxylic acids is 2. The largest absolute Gasteiger partial charge is 1.00 e. The summed E-state index contributed by atoms with van der Waals surface area (Å²) in [5.41, 5.74) is 0. The summed E-state index contributed by atoms with van der Waals surface area (Å²) in [6, 6.07) is 0. The Morgan fingerprint density at radius 1 is 1.22 bits per heavy atom. The van der Waals surface area contributed by atoms with Gasteiger partial charge in [0.05, 0.1) is 5.97 Å². The van der Waals surface area contributed by atoms with E-state index in [9.17, 15) is 32.8 Å². The van der Waals surface area contributed by atoms with E-state index < -0.39 is 39.1 Å². The van der Waals surface area contributed by atoms with Crippen LogP contribution in [-0.2, 0) is 19.7 Å². The number of rotatable bonds is 11. The first-order valence-electron chi connectivity index (χ1n) is 6.65. The number of hydrogen-bond acceptors (Lipinski definition) is 6. The van der Waals surface area contributed by atoms with Crippen LogP contribution in [0.25, 0.3) is 0 Å². The molecule has 0 aliphatic carbocycles. The number of allylic oxidation sites excluding steroid dienone is 1. The van der Waals surface area contributed by atoms with Gasteiger partial charge in [0, 0.05) is 11.9 Å². The van der Waals surface area contributed by atoms with E-state index in [2.05, 4.69) is 6.58 Å². The third kappa shape index (κ3) is 8.39. The standard InChI is InChI=1S/C13H22O7S.2K/c1-3-5-6-7-8-10(11(14)15)13(9-4-2,12(16)17)21(18,19)20;;/h4,10H,2-3,5-9H2,1H3,(H,14,15)(H,16,17)(H,18,19,20);;/q;2*+1/p-2. The predicted molar refractivity (Wildman–Crippen MR) is 71.4 cm³/mol. The Balaban J connectivity index is -0.00000200. The molecule has 23 heavy (non-hydrogen) atoms. The molecule has 0 saturated heterocycles. The Morgan fingerprint density at radius 2 is 1.74 bits per heavy atom. The van der Waals surface area contributed by atoms with Gasteiger partial charge in [0.2, 0.25) is 0 Å². The summed E-state index contributed by atoms with van der Waals surface area (Å²) in [5.74, 6) is -5.93. The second-order valence-electron chi connectivity index (χ2n) is 4.87. The molecule has 122 valence electrons. The van der Waals surface area contributed by atoms with Gasteiger partial charge < -0.3 is 19.8 Å². The fourth-order valence-corrected chi connectivity index (χ4v) is 3.40. The molecule has 7 nitrogen and oxygen atoms in total. The number of carboxylic acid groups (broad SMARTS) is 2. The molecule has 0 aliphatic rings. The first-order valence-corrected chi connectivity index (χ1v) is 8.09. The van der Waals surface area contributed by atoms with Crippen molar-refractivity contribution >= 4 is 22.1 Å². The molecule has 0 bridgehead atoms. The molecule has 0 aliphatic heterocycles. The maximum atomic E-state index is 11.5. The summed E-state index contributed by atoms with van der Waals surface area (Å²) in [6.45, 7) is 5.14. The summed E-state index contributed by atoms with van der Waals surface area (Å²) in [5, 5.41) is 22.5. The van der Waals surface area contributed by atoms with E-state index in [4.69, 9.17) is 0 Å². The number of carbonyl (C=O) groups is 2. The van der Waals surface area contributed by atoms with Gasteiger partial charge >= 0.3 is 103 Å². The van der Waals surface area contributed by atoms with Crippen molar-refractivity contribution in [3.8, 4) is 0 Å². The van der Waals surface area contributed by atoms with Crippen LogP contribution in [0.15, 0.2) is 12.7 Å². The van der Waals surface area contributed by atoms with Gasteiger partial charge in [-0.05, 0) is 12.8 Å². The smallest absolute Gasteiger partial charge is 0.550 e. The number of carboxylic acids is 2. The van der Waals surface area contributed by atoms with E-state index in [0.717, 1.165) is 18.9 Å². The third-order valence-electron chi connectivity index (χ3n) is 3.45. The van der Waals surface area contributed by atoms with Gasteiger partial charge in [-0.1, -0.05) is 38.7 Å². The van der Waals surface area contributed by atoms with Gasteiger partial charge in [-0.2, -0.15) is 8.42 Å². The van der Waals surface area contributed by atoms with E-state index in [0.29, 0.717) is 12.8 Å². The zero-order valence-corrected chi connectivity index (χ0v) is 21.0. The maximum absolute atomic E-state index is 11.5. The van der Waals surface area contributed by atoms with Crippen molar-refractivity contribution < 1.29 is 136 Å². The molecule has 0 aromatic heterocycles. The molecular weight excluding hydrogens is 378 g/mol. The van der Waals surface area contributed by atoms with Crippen LogP contribution in [0.1, 0.15) is 45.4 Å². The van der Waals surface area contributed by atoms with Crippen LogP contribution in [0.2, 0.25) is 0 Å². The molecule has 0 rings (SSSR count). The summed E-state index contributed by atoms with van der Waals surface area (Å²) in [7, 11) is -5.23. The topological polar surface area (TPSA) is 135 Å². The SMILES string of the molecule is C=CCC(C(=O)[O-])(C(CCCCCC)C(=O)[O-])S(=O)(=O)O.[K+].[K+]. The fraction of sp³-hybridized carbons (Fsp3) is 0.692.